The maximum atomic E-state index is 11.8. The summed E-state index contributed by atoms with van der Waals surface area (Å²) in [6.45, 7) is 6.05. The van der Waals surface area contributed by atoms with E-state index < -0.39 is 0 Å². The van der Waals surface area contributed by atoms with Crippen LogP contribution in [0.4, 0.5) is 0 Å². The zero-order chi connectivity index (χ0) is 10.9. The standard InChI is InChI=1S/C10H16N2OS/c1-6(2)8-9(10(13)12(4)5)14-7(3)11-8/h6H,1-5H3. The number of aromatic nitrogens is 1. The molecule has 0 N–H and O–H groups in total. The summed E-state index contributed by atoms with van der Waals surface area (Å²) in [6.07, 6.45) is 0. The number of amides is 1. The van der Waals surface area contributed by atoms with Crippen molar-refractivity contribution in [3.8, 4) is 0 Å². The number of carbonyl (C=O) groups excluding carboxylic acids is 1. The molecule has 14 heavy (non-hydrogen) atoms. The number of thiazole rings is 1. The van der Waals surface area contributed by atoms with E-state index in [-0.39, 0.29) is 5.91 Å². The zero-order valence-corrected chi connectivity index (χ0v) is 10.1. The summed E-state index contributed by atoms with van der Waals surface area (Å²) in [7, 11) is 3.53. The Kier molecular flexibility index (Phi) is 3.26. The van der Waals surface area contributed by atoms with Crippen LogP contribution in [-0.4, -0.2) is 29.9 Å². The van der Waals surface area contributed by atoms with E-state index in [9.17, 15) is 4.79 Å². The minimum atomic E-state index is 0.0549. The van der Waals surface area contributed by atoms with E-state index >= 15 is 0 Å². The highest BCUT2D eigenvalue weighted by Gasteiger charge is 2.19. The van der Waals surface area contributed by atoms with Crippen molar-refractivity contribution in [3.63, 3.8) is 0 Å². The average Bonchev–Trinajstić information content (AvgIpc) is 2.45. The first-order valence-corrected chi connectivity index (χ1v) is 5.44. The lowest BCUT2D eigenvalue weighted by Gasteiger charge is -2.10. The van der Waals surface area contributed by atoms with Gasteiger partial charge in [0.25, 0.3) is 5.91 Å². The maximum absolute atomic E-state index is 11.8. The third kappa shape index (κ3) is 2.12. The average molecular weight is 212 g/mol. The number of carbonyl (C=O) groups is 1. The fourth-order valence-electron chi connectivity index (χ4n) is 1.19. The summed E-state index contributed by atoms with van der Waals surface area (Å²) in [5, 5.41) is 0.957. The second-order valence-electron chi connectivity index (χ2n) is 3.80. The Morgan fingerprint density at radius 2 is 2.00 bits per heavy atom. The van der Waals surface area contributed by atoms with E-state index in [1.807, 2.05) is 6.92 Å². The van der Waals surface area contributed by atoms with Gasteiger partial charge in [-0.15, -0.1) is 11.3 Å². The van der Waals surface area contributed by atoms with Crippen molar-refractivity contribution in [2.24, 2.45) is 0 Å². The molecule has 0 aliphatic rings. The molecule has 0 atom stereocenters. The van der Waals surface area contributed by atoms with Gasteiger partial charge in [0.2, 0.25) is 0 Å². The Labute approximate surface area is 88.8 Å². The molecule has 0 unspecified atom stereocenters. The van der Waals surface area contributed by atoms with E-state index in [0.29, 0.717) is 5.92 Å². The highest BCUT2D eigenvalue weighted by atomic mass is 32.1. The second-order valence-corrected chi connectivity index (χ2v) is 5.00. The van der Waals surface area contributed by atoms with Crippen LogP contribution in [0.3, 0.4) is 0 Å². The Morgan fingerprint density at radius 3 is 2.43 bits per heavy atom. The molecule has 0 radical (unpaired) electrons. The normalized spacial score (nSPS) is 10.7. The molecule has 1 aromatic rings. The van der Waals surface area contributed by atoms with Crippen LogP contribution in [0, 0.1) is 6.92 Å². The summed E-state index contributed by atoms with van der Waals surface area (Å²) >= 11 is 1.48. The van der Waals surface area contributed by atoms with E-state index in [0.717, 1.165) is 15.6 Å². The van der Waals surface area contributed by atoms with Crippen LogP contribution in [0.1, 0.15) is 40.1 Å². The first-order valence-electron chi connectivity index (χ1n) is 4.62. The Balaban J connectivity index is 3.13. The molecule has 0 aromatic carbocycles. The van der Waals surface area contributed by atoms with Gasteiger partial charge in [0.15, 0.2) is 0 Å². The fraction of sp³-hybridized carbons (Fsp3) is 0.600. The third-order valence-electron chi connectivity index (χ3n) is 1.91. The predicted octanol–water partition coefficient (Wildman–Crippen LogP) is 2.28. The lowest BCUT2D eigenvalue weighted by Crippen LogP contribution is -2.22. The van der Waals surface area contributed by atoms with E-state index in [1.54, 1.807) is 19.0 Å². The highest BCUT2D eigenvalue weighted by Crippen LogP contribution is 2.25. The van der Waals surface area contributed by atoms with Crippen LogP contribution in [0.15, 0.2) is 0 Å². The molecule has 1 amide bonds. The van der Waals surface area contributed by atoms with E-state index in [2.05, 4.69) is 18.8 Å². The summed E-state index contributed by atoms with van der Waals surface area (Å²) in [5.41, 5.74) is 0.922. The molecule has 1 rings (SSSR count). The molecule has 3 nitrogen and oxygen atoms in total. The van der Waals surface area contributed by atoms with Gasteiger partial charge < -0.3 is 4.90 Å². The second kappa shape index (κ2) is 4.09. The van der Waals surface area contributed by atoms with E-state index in [1.165, 1.54) is 11.3 Å². The van der Waals surface area contributed by atoms with Crippen molar-refractivity contribution in [1.29, 1.82) is 0 Å². The van der Waals surface area contributed by atoms with Gasteiger partial charge in [-0.3, -0.25) is 4.79 Å². The monoisotopic (exact) mass is 212 g/mol. The first kappa shape index (κ1) is 11.2. The summed E-state index contributed by atoms with van der Waals surface area (Å²) < 4.78 is 0. The Morgan fingerprint density at radius 1 is 1.43 bits per heavy atom. The molecule has 1 aromatic heterocycles. The lowest BCUT2D eigenvalue weighted by atomic mass is 10.1. The molecule has 1 heterocycles. The number of rotatable bonds is 2. The third-order valence-corrected chi connectivity index (χ3v) is 2.88. The van der Waals surface area contributed by atoms with Crippen LogP contribution in [0.25, 0.3) is 0 Å². The molecule has 0 saturated carbocycles. The summed E-state index contributed by atoms with van der Waals surface area (Å²) in [4.78, 5) is 18.5. The van der Waals surface area contributed by atoms with Crippen LogP contribution in [-0.2, 0) is 0 Å². The quantitative estimate of drug-likeness (QED) is 0.753. The minimum absolute atomic E-state index is 0.0549. The zero-order valence-electron chi connectivity index (χ0n) is 9.29. The van der Waals surface area contributed by atoms with Crippen LogP contribution >= 0.6 is 11.3 Å². The van der Waals surface area contributed by atoms with Gasteiger partial charge >= 0.3 is 0 Å². The van der Waals surface area contributed by atoms with Crippen molar-refractivity contribution in [1.82, 2.24) is 9.88 Å². The van der Waals surface area contributed by atoms with Crippen molar-refractivity contribution in [2.75, 3.05) is 14.1 Å². The first-order chi connectivity index (χ1) is 6.43. The fourth-order valence-corrected chi connectivity index (χ4v) is 2.29. The van der Waals surface area contributed by atoms with Gasteiger partial charge in [0.1, 0.15) is 4.88 Å². The molecule has 0 aliphatic heterocycles. The van der Waals surface area contributed by atoms with Crippen molar-refractivity contribution >= 4 is 17.2 Å². The van der Waals surface area contributed by atoms with Crippen LogP contribution < -0.4 is 0 Å². The number of hydrogen-bond acceptors (Lipinski definition) is 3. The molecule has 0 spiro atoms. The molecule has 0 fully saturated rings. The molecule has 0 bridgehead atoms. The highest BCUT2D eigenvalue weighted by molar-refractivity contribution is 7.13. The Bertz CT molecular complexity index is 342. The SMILES string of the molecule is Cc1nc(C(C)C)c(C(=O)N(C)C)s1. The van der Waals surface area contributed by atoms with Gasteiger partial charge in [-0.2, -0.15) is 0 Å². The lowest BCUT2D eigenvalue weighted by molar-refractivity contribution is 0.0830. The van der Waals surface area contributed by atoms with Gasteiger partial charge in [-0.05, 0) is 12.8 Å². The molecular formula is C10H16N2OS. The maximum Gasteiger partial charge on any atom is 0.265 e. The van der Waals surface area contributed by atoms with E-state index in [4.69, 9.17) is 0 Å². The smallest absolute Gasteiger partial charge is 0.265 e. The number of hydrogen-bond donors (Lipinski definition) is 0. The van der Waals surface area contributed by atoms with Gasteiger partial charge in [0, 0.05) is 14.1 Å². The molecular weight excluding hydrogens is 196 g/mol. The van der Waals surface area contributed by atoms with Crippen LogP contribution in [0.5, 0.6) is 0 Å². The van der Waals surface area contributed by atoms with Crippen molar-refractivity contribution < 1.29 is 4.79 Å². The van der Waals surface area contributed by atoms with Gasteiger partial charge in [0.05, 0.1) is 10.7 Å². The van der Waals surface area contributed by atoms with Crippen LogP contribution in [0.2, 0.25) is 0 Å². The van der Waals surface area contributed by atoms with Crippen molar-refractivity contribution in [3.05, 3.63) is 15.6 Å². The molecule has 0 aliphatic carbocycles. The predicted molar refractivity (Wildman–Crippen MR) is 59.0 cm³/mol. The molecule has 0 saturated heterocycles. The number of nitrogens with zero attached hydrogens (tertiary/aromatic N) is 2. The molecule has 78 valence electrons. The Hall–Kier alpha value is -0.900. The molecule has 4 heteroatoms. The van der Waals surface area contributed by atoms with Gasteiger partial charge in [-0.25, -0.2) is 4.98 Å². The van der Waals surface area contributed by atoms with Crippen molar-refractivity contribution in [2.45, 2.75) is 26.7 Å². The minimum Gasteiger partial charge on any atom is -0.344 e. The topological polar surface area (TPSA) is 33.2 Å². The largest absolute Gasteiger partial charge is 0.344 e. The summed E-state index contributed by atoms with van der Waals surface area (Å²) in [6, 6.07) is 0. The van der Waals surface area contributed by atoms with Gasteiger partial charge in [-0.1, -0.05) is 13.8 Å². The number of aryl methyl sites for hydroxylation is 1. The summed E-state index contributed by atoms with van der Waals surface area (Å²) in [5.74, 6) is 0.359.